The number of benzene rings is 2. The van der Waals surface area contributed by atoms with Crippen LogP contribution in [0.5, 0.6) is 0 Å². The predicted molar refractivity (Wildman–Crippen MR) is 92.8 cm³/mol. The van der Waals surface area contributed by atoms with Gasteiger partial charge in [0, 0.05) is 0 Å². The Morgan fingerprint density at radius 3 is 1.59 bits per heavy atom. The molecule has 0 aliphatic heterocycles. The van der Waals surface area contributed by atoms with Crippen LogP contribution in [0.2, 0.25) is 0 Å². The Labute approximate surface area is 138 Å². The molecular weight excluding hydrogens is 300 g/mol. The normalized spacial score (nSPS) is 27.7. The summed E-state index contributed by atoms with van der Waals surface area (Å²) in [7, 11) is 0. The van der Waals surface area contributed by atoms with E-state index >= 15 is 0 Å². The predicted octanol–water partition coefficient (Wildman–Crippen LogP) is 4.92. The maximum atomic E-state index is 4.81. The second kappa shape index (κ2) is 4.75. The number of allylic oxidation sites excluding steroid dienone is 2. The van der Waals surface area contributed by atoms with E-state index in [4.69, 9.17) is 4.82 Å². The first-order valence-corrected chi connectivity index (χ1v) is 10.5. The van der Waals surface area contributed by atoms with Crippen molar-refractivity contribution in [2.75, 3.05) is 0 Å². The molecule has 0 aromatic heterocycles. The second-order valence-corrected chi connectivity index (χ2v) is 11.5. The summed E-state index contributed by atoms with van der Waals surface area (Å²) in [4.78, 5) is 4.81. The molecule has 0 fully saturated rings. The molecule has 0 saturated carbocycles. The Kier molecular flexibility index (Phi) is 3.05. The molecule has 2 atom stereocenters. The molecule has 4 rings (SSSR count). The summed E-state index contributed by atoms with van der Waals surface area (Å²) in [6.07, 6.45) is 9.42. The molecule has 22 heavy (non-hydrogen) atoms. The van der Waals surface area contributed by atoms with Gasteiger partial charge >= 0.3 is 139 Å². The van der Waals surface area contributed by atoms with Crippen molar-refractivity contribution >= 4 is 17.0 Å². The van der Waals surface area contributed by atoms with Crippen molar-refractivity contribution in [1.29, 1.82) is 0 Å². The Hall–Kier alpha value is -1.50. The van der Waals surface area contributed by atoms with Crippen molar-refractivity contribution in [3.8, 4) is 0 Å². The van der Waals surface area contributed by atoms with Crippen LogP contribution in [0, 0.1) is 0 Å². The molecule has 0 radical (unpaired) electrons. The quantitative estimate of drug-likeness (QED) is 0.689. The molecule has 2 aliphatic rings. The monoisotopic (exact) mass is 320 g/mol. The van der Waals surface area contributed by atoms with Crippen LogP contribution < -0.4 is 0 Å². The average molecular weight is 320 g/mol. The minimum atomic E-state index is -1.77. The third kappa shape index (κ3) is 1.78. The summed E-state index contributed by atoms with van der Waals surface area (Å²) >= 11 is -1.77. The van der Waals surface area contributed by atoms with Gasteiger partial charge in [-0.3, -0.25) is 0 Å². The fraction of sp³-hybridized carbons (Fsp3) is 0.190. The molecule has 2 aromatic rings. The standard InChI is InChI=1S/2C10H9.CH2.Ti/c2*1-8-6-7-9-4-2-3-5-10(8)9;;/h2*2-7H,1H3;1H2;. The number of rotatable bonds is 2. The van der Waals surface area contributed by atoms with Gasteiger partial charge in [-0.05, 0) is 0 Å². The summed E-state index contributed by atoms with van der Waals surface area (Å²) in [6, 6.07) is 17.6. The molecule has 0 amide bonds. The molecule has 0 saturated heterocycles. The number of hydrogen-bond donors (Lipinski definition) is 0. The van der Waals surface area contributed by atoms with Crippen LogP contribution in [0.15, 0.2) is 60.7 Å². The van der Waals surface area contributed by atoms with E-state index in [1.165, 1.54) is 22.3 Å². The zero-order valence-electron chi connectivity index (χ0n) is 13.1. The van der Waals surface area contributed by atoms with Crippen LogP contribution in [0.25, 0.3) is 12.2 Å². The summed E-state index contributed by atoms with van der Waals surface area (Å²) in [5.41, 5.74) is 5.69. The van der Waals surface area contributed by atoms with Crippen LogP contribution in [-0.4, -0.2) is 4.82 Å². The average Bonchev–Trinajstić information content (AvgIpc) is 3.08. The summed E-state index contributed by atoms with van der Waals surface area (Å²) in [5.74, 6) is 0. The summed E-state index contributed by atoms with van der Waals surface area (Å²) in [6.45, 7) is 4.80. The molecule has 0 bridgehead atoms. The van der Waals surface area contributed by atoms with Crippen molar-refractivity contribution in [2.24, 2.45) is 0 Å². The van der Waals surface area contributed by atoms with Gasteiger partial charge in [0.15, 0.2) is 0 Å². The Bertz CT molecular complexity index is 773. The van der Waals surface area contributed by atoms with E-state index in [9.17, 15) is 0 Å². The van der Waals surface area contributed by atoms with Crippen LogP contribution in [0.4, 0.5) is 0 Å². The molecular formula is C21H20Ti. The van der Waals surface area contributed by atoms with E-state index in [1.54, 1.807) is 0 Å². The fourth-order valence-corrected chi connectivity index (χ4v) is 8.29. The van der Waals surface area contributed by atoms with E-state index in [0.717, 1.165) is 0 Å². The van der Waals surface area contributed by atoms with Crippen molar-refractivity contribution in [3.05, 3.63) is 82.9 Å². The van der Waals surface area contributed by atoms with E-state index in [2.05, 4.69) is 86.7 Å². The van der Waals surface area contributed by atoms with Gasteiger partial charge in [-0.2, -0.15) is 0 Å². The van der Waals surface area contributed by atoms with Gasteiger partial charge in [0.05, 0.1) is 0 Å². The fourth-order valence-electron chi connectivity index (χ4n) is 3.99. The van der Waals surface area contributed by atoms with Gasteiger partial charge < -0.3 is 0 Å². The Balaban J connectivity index is 1.84. The third-order valence-electron chi connectivity index (χ3n) is 5.49. The first kappa shape index (κ1) is 14.1. The van der Waals surface area contributed by atoms with Gasteiger partial charge in [-0.1, -0.05) is 0 Å². The van der Waals surface area contributed by atoms with Crippen molar-refractivity contribution < 1.29 is 17.4 Å². The molecule has 2 unspecified atom stereocenters. The molecule has 0 nitrogen and oxygen atoms in total. The summed E-state index contributed by atoms with van der Waals surface area (Å²) < 4.78 is 0.264. The van der Waals surface area contributed by atoms with Gasteiger partial charge in [0.2, 0.25) is 0 Å². The van der Waals surface area contributed by atoms with E-state index in [0.29, 0.717) is 0 Å². The Morgan fingerprint density at radius 2 is 1.14 bits per heavy atom. The molecule has 1 heteroatoms. The summed E-state index contributed by atoms with van der Waals surface area (Å²) in [5, 5.41) is 0. The van der Waals surface area contributed by atoms with E-state index in [1.807, 2.05) is 0 Å². The second-order valence-electron chi connectivity index (χ2n) is 6.72. The third-order valence-corrected chi connectivity index (χ3v) is 10.8. The van der Waals surface area contributed by atoms with Crippen LogP contribution >= 0.6 is 0 Å². The van der Waals surface area contributed by atoms with Gasteiger partial charge in [0.1, 0.15) is 0 Å². The molecule has 2 aromatic carbocycles. The molecule has 108 valence electrons. The van der Waals surface area contributed by atoms with Crippen molar-refractivity contribution in [1.82, 2.24) is 0 Å². The maximum absolute atomic E-state index is 4.81. The first-order chi connectivity index (χ1) is 10.6. The number of hydrogen-bond acceptors (Lipinski definition) is 0. The topological polar surface area (TPSA) is 0 Å². The Morgan fingerprint density at radius 1 is 0.727 bits per heavy atom. The van der Waals surface area contributed by atoms with Gasteiger partial charge in [-0.25, -0.2) is 0 Å². The van der Waals surface area contributed by atoms with E-state index in [-0.39, 0.29) is 7.44 Å². The first-order valence-electron chi connectivity index (χ1n) is 7.83. The van der Waals surface area contributed by atoms with Crippen molar-refractivity contribution in [2.45, 2.75) is 21.3 Å². The van der Waals surface area contributed by atoms with Crippen molar-refractivity contribution in [3.63, 3.8) is 0 Å². The van der Waals surface area contributed by atoms with Gasteiger partial charge in [0.25, 0.3) is 0 Å². The van der Waals surface area contributed by atoms with Gasteiger partial charge in [-0.15, -0.1) is 0 Å². The molecule has 0 heterocycles. The van der Waals surface area contributed by atoms with Crippen LogP contribution in [0.1, 0.15) is 36.1 Å². The zero-order valence-corrected chi connectivity index (χ0v) is 14.7. The molecule has 0 spiro atoms. The molecule has 2 aliphatic carbocycles. The van der Waals surface area contributed by atoms with Crippen LogP contribution in [-0.2, 0) is 24.8 Å². The SMILES string of the molecule is [CH2]=[Ti]([C]1(C)C=Cc2ccccc21)[C]1(C)C=Cc2ccccc21. The molecule has 0 N–H and O–H groups in total. The van der Waals surface area contributed by atoms with E-state index < -0.39 is 17.4 Å². The number of fused-ring (bicyclic) bond motifs is 2. The zero-order chi connectivity index (χ0) is 15.4. The minimum absolute atomic E-state index is 0.132. The van der Waals surface area contributed by atoms with Crippen LogP contribution in [0.3, 0.4) is 0 Å².